The molecular formula is C18H15ClN4O. The van der Waals surface area contributed by atoms with Crippen molar-refractivity contribution in [1.29, 1.82) is 5.26 Å². The van der Waals surface area contributed by atoms with Gasteiger partial charge in [-0.05, 0) is 37.6 Å². The Balaban J connectivity index is 1.91. The molecule has 0 aliphatic carbocycles. The summed E-state index contributed by atoms with van der Waals surface area (Å²) < 4.78 is 0. The molecule has 0 atom stereocenters. The number of pyridine rings is 1. The summed E-state index contributed by atoms with van der Waals surface area (Å²) in [6, 6.07) is 10.9. The predicted octanol–water partition coefficient (Wildman–Crippen LogP) is 3.75. The molecule has 3 aromatic rings. The van der Waals surface area contributed by atoms with Gasteiger partial charge < -0.3 is 10.3 Å². The molecule has 0 spiro atoms. The molecule has 1 aromatic carbocycles. The Morgan fingerprint density at radius 2 is 2.00 bits per heavy atom. The van der Waals surface area contributed by atoms with Crippen LogP contribution in [0.5, 0.6) is 0 Å². The Morgan fingerprint density at radius 1 is 1.29 bits per heavy atom. The zero-order valence-corrected chi connectivity index (χ0v) is 14.0. The maximum Gasteiger partial charge on any atom is 0.254 e. The first-order valence-electron chi connectivity index (χ1n) is 7.37. The van der Waals surface area contributed by atoms with Gasteiger partial charge in [-0.2, -0.15) is 5.26 Å². The zero-order valence-electron chi connectivity index (χ0n) is 13.2. The molecule has 1 amide bonds. The van der Waals surface area contributed by atoms with Gasteiger partial charge in [0.15, 0.2) is 0 Å². The van der Waals surface area contributed by atoms with Crippen LogP contribution in [-0.2, 0) is 5.54 Å². The molecule has 2 N–H and O–H groups in total. The molecule has 120 valence electrons. The number of benzene rings is 1. The van der Waals surface area contributed by atoms with Crippen LogP contribution >= 0.6 is 11.6 Å². The minimum Gasteiger partial charge on any atom is -0.345 e. The lowest BCUT2D eigenvalue weighted by molar-refractivity contribution is 0.0914. The number of fused-ring (bicyclic) bond motifs is 1. The molecule has 6 heteroatoms. The fraction of sp³-hybridized carbons (Fsp3) is 0.167. The summed E-state index contributed by atoms with van der Waals surface area (Å²) in [6.07, 6.45) is 3.19. The molecule has 0 saturated heterocycles. The first-order chi connectivity index (χ1) is 11.4. The summed E-state index contributed by atoms with van der Waals surface area (Å²) in [5, 5.41) is 13.0. The highest BCUT2D eigenvalue weighted by Gasteiger charge is 2.25. The first-order valence-corrected chi connectivity index (χ1v) is 7.75. The monoisotopic (exact) mass is 338 g/mol. The molecule has 0 aliphatic heterocycles. The number of aromatic nitrogens is 2. The fourth-order valence-electron chi connectivity index (χ4n) is 2.58. The topological polar surface area (TPSA) is 81.6 Å². The molecule has 2 heterocycles. The number of aromatic amines is 1. The number of nitriles is 1. The number of nitrogens with zero attached hydrogens (tertiary/aromatic N) is 2. The molecule has 0 unspecified atom stereocenters. The number of nitrogens with one attached hydrogen (secondary N) is 2. The van der Waals surface area contributed by atoms with Gasteiger partial charge in [-0.15, -0.1) is 0 Å². The highest BCUT2D eigenvalue weighted by molar-refractivity contribution is 6.36. The maximum absolute atomic E-state index is 12.7. The van der Waals surface area contributed by atoms with E-state index in [4.69, 9.17) is 16.9 Å². The van der Waals surface area contributed by atoms with Gasteiger partial charge in [-0.1, -0.05) is 23.7 Å². The van der Waals surface area contributed by atoms with Crippen LogP contribution in [0.4, 0.5) is 0 Å². The number of carbonyl (C=O) groups is 1. The third-order valence-electron chi connectivity index (χ3n) is 3.93. The molecule has 0 radical (unpaired) electrons. The van der Waals surface area contributed by atoms with Crippen LogP contribution in [0.1, 0.15) is 35.3 Å². The van der Waals surface area contributed by atoms with Gasteiger partial charge >= 0.3 is 0 Å². The summed E-state index contributed by atoms with van der Waals surface area (Å²) in [7, 11) is 0. The molecule has 0 bridgehead atoms. The van der Waals surface area contributed by atoms with Crippen molar-refractivity contribution >= 4 is 28.5 Å². The third-order valence-corrected chi connectivity index (χ3v) is 4.24. The van der Waals surface area contributed by atoms with Crippen molar-refractivity contribution in [2.75, 3.05) is 0 Å². The minimum atomic E-state index is -0.608. The Morgan fingerprint density at radius 3 is 2.67 bits per heavy atom. The summed E-state index contributed by atoms with van der Waals surface area (Å²) in [6.45, 7) is 3.81. The molecule has 2 aromatic heterocycles. The molecule has 0 saturated carbocycles. The van der Waals surface area contributed by atoms with E-state index < -0.39 is 5.54 Å². The van der Waals surface area contributed by atoms with Crippen molar-refractivity contribution in [1.82, 2.24) is 15.3 Å². The lowest BCUT2D eigenvalue weighted by Crippen LogP contribution is -2.40. The lowest BCUT2D eigenvalue weighted by atomic mass is 9.93. The van der Waals surface area contributed by atoms with Crippen molar-refractivity contribution in [3.8, 4) is 6.07 Å². The van der Waals surface area contributed by atoms with Crippen LogP contribution in [0, 0.1) is 11.3 Å². The van der Waals surface area contributed by atoms with E-state index in [2.05, 4.69) is 21.4 Å². The molecule has 3 rings (SSSR count). The van der Waals surface area contributed by atoms with Crippen molar-refractivity contribution in [2.24, 2.45) is 0 Å². The average molecular weight is 339 g/mol. The number of hydrogen-bond acceptors (Lipinski definition) is 3. The molecule has 0 fully saturated rings. The van der Waals surface area contributed by atoms with E-state index >= 15 is 0 Å². The summed E-state index contributed by atoms with van der Waals surface area (Å²) in [5.74, 6) is -0.245. The number of rotatable bonds is 3. The minimum absolute atomic E-state index is 0.245. The van der Waals surface area contributed by atoms with Crippen molar-refractivity contribution in [3.05, 3.63) is 64.4 Å². The Hall–Kier alpha value is -2.84. The zero-order chi connectivity index (χ0) is 17.3. The second-order valence-electron chi connectivity index (χ2n) is 5.99. The van der Waals surface area contributed by atoms with Gasteiger partial charge in [0.25, 0.3) is 5.91 Å². The van der Waals surface area contributed by atoms with Crippen LogP contribution in [0.25, 0.3) is 11.0 Å². The lowest BCUT2D eigenvalue weighted by Gasteiger charge is -2.27. The average Bonchev–Trinajstić information content (AvgIpc) is 3.00. The van der Waals surface area contributed by atoms with E-state index in [0.29, 0.717) is 27.2 Å². The van der Waals surface area contributed by atoms with E-state index in [9.17, 15) is 4.79 Å². The Labute approximate surface area is 144 Å². The molecular weight excluding hydrogens is 324 g/mol. The second kappa shape index (κ2) is 5.99. The van der Waals surface area contributed by atoms with E-state index in [1.807, 2.05) is 26.0 Å². The predicted molar refractivity (Wildman–Crippen MR) is 92.8 cm³/mol. The molecule has 24 heavy (non-hydrogen) atoms. The number of halogens is 1. The van der Waals surface area contributed by atoms with Gasteiger partial charge in [0.05, 0.1) is 33.1 Å². The highest BCUT2D eigenvalue weighted by Crippen LogP contribution is 2.27. The largest absolute Gasteiger partial charge is 0.345 e. The second-order valence-corrected chi connectivity index (χ2v) is 6.39. The van der Waals surface area contributed by atoms with Crippen molar-refractivity contribution in [3.63, 3.8) is 0 Å². The first kappa shape index (κ1) is 16.0. The van der Waals surface area contributed by atoms with Crippen LogP contribution in [0.15, 0.2) is 42.7 Å². The van der Waals surface area contributed by atoms with E-state index in [1.54, 1.807) is 30.6 Å². The van der Waals surface area contributed by atoms with Crippen LogP contribution in [0.3, 0.4) is 0 Å². The molecule has 5 nitrogen and oxygen atoms in total. The normalized spacial score (nSPS) is 11.2. The molecule has 0 aliphatic rings. The number of H-pyrrole nitrogens is 1. The highest BCUT2D eigenvalue weighted by atomic mass is 35.5. The van der Waals surface area contributed by atoms with Gasteiger partial charge in [-0.25, -0.2) is 4.98 Å². The summed E-state index contributed by atoms with van der Waals surface area (Å²) in [5.41, 5.74) is 1.89. The third kappa shape index (κ3) is 2.84. The number of carbonyl (C=O) groups excluding carboxylic acids is 1. The van der Waals surface area contributed by atoms with Crippen LogP contribution in [0.2, 0.25) is 5.02 Å². The van der Waals surface area contributed by atoms with Crippen LogP contribution < -0.4 is 5.32 Å². The van der Waals surface area contributed by atoms with Crippen LogP contribution in [-0.4, -0.2) is 15.9 Å². The summed E-state index contributed by atoms with van der Waals surface area (Å²) in [4.78, 5) is 19.8. The van der Waals surface area contributed by atoms with Crippen molar-refractivity contribution < 1.29 is 4.79 Å². The SMILES string of the molecule is CC(C)(NC(=O)c1c[nH]c2nccc(Cl)c12)c1ccc(C#N)cc1. The quantitative estimate of drug-likeness (QED) is 0.763. The Kier molecular flexibility index (Phi) is 4.00. The van der Waals surface area contributed by atoms with Gasteiger partial charge in [0, 0.05) is 12.4 Å². The van der Waals surface area contributed by atoms with Gasteiger partial charge in [0.2, 0.25) is 0 Å². The Bertz CT molecular complexity index is 951. The maximum atomic E-state index is 12.7. The summed E-state index contributed by atoms with van der Waals surface area (Å²) >= 11 is 6.20. The van der Waals surface area contributed by atoms with Crippen molar-refractivity contribution in [2.45, 2.75) is 19.4 Å². The number of hydrogen-bond donors (Lipinski definition) is 2. The van der Waals surface area contributed by atoms with Gasteiger partial charge in [0.1, 0.15) is 5.65 Å². The van der Waals surface area contributed by atoms with E-state index in [0.717, 1.165) is 5.56 Å². The van der Waals surface area contributed by atoms with E-state index in [-0.39, 0.29) is 5.91 Å². The van der Waals surface area contributed by atoms with E-state index in [1.165, 1.54) is 0 Å². The van der Waals surface area contributed by atoms with Gasteiger partial charge in [-0.3, -0.25) is 4.79 Å². The number of amides is 1. The fourth-order valence-corrected chi connectivity index (χ4v) is 2.83. The smallest absolute Gasteiger partial charge is 0.254 e. The standard InChI is InChI=1S/C18H15ClN4O/c1-18(2,12-5-3-11(9-20)4-6-12)23-17(24)13-10-22-16-15(13)14(19)7-8-21-16/h3-8,10H,1-2H3,(H,21,22)(H,23,24).